The fourth-order valence-electron chi connectivity index (χ4n) is 4.79. The lowest BCUT2D eigenvalue weighted by atomic mass is 9.92. The second kappa shape index (κ2) is 7.14. The Hall–Kier alpha value is -2.52. The van der Waals surface area contributed by atoms with Gasteiger partial charge in [0.1, 0.15) is 6.61 Å². The topological polar surface area (TPSA) is 38.3 Å². The number of ether oxygens (including phenoxy) is 1. The Bertz CT molecular complexity index is 948. The van der Waals surface area contributed by atoms with Crippen molar-refractivity contribution in [2.24, 2.45) is 5.92 Å². The van der Waals surface area contributed by atoms with Gasteiger partial charge in [0.15, 0.2) is 0 Å². The molecule has 3 aliphatic rings. The van der Waals surface area contributed by atoms with Crippen LogP contribution in [0.1, 0.15) is 36.3 Å². The summed E-state index contributed by atoms with van der Waals surface area (Å²) in [6.07, 6.45) is 6.59. The molecule has 0 bridgehead atoms. The summed E-state index contributed by atoms with van der Waals surface area (Å²) in [6, 6.07) is 16.7. The first-order valence-electron chi connectivity index (χ1n) is 9.87. The molecule has 2 aromatic rings. The minimum Gasteiger partial charge on any atom is -0.448 e. The average Bonchev–Trinajstić information content (AvgIpc) is 3.24. The Kier molecular flexibility index (Phi) is 4.48. The van der Waals surface area contributed by atoms with Gasteiger partial charge < -0.3 is 4.74 Å². The van der Waals surface area contributed by atoms with Gasteiger partial charge in [0.05, 0.1) is 5.38 Å². The number of carbonyl (C=O) groups is 1. The van der Waals surface area contributed by atoms with Gasteiger partial charge in [-0.3, -0.25) is 5.32 Å². The van der Waals surface area contributed by atoms with Crippen LogP contribution in [0.25, 0.3) is 11.1 Å². The molecule has 4 heteroatoms. The Morgan fingerprint density at radius 3 is 2.39 bits per heavy atom. The summed E-state index contributed by atoms with van der Waals surface area (Å²) < 4.78 is 5.64. The molecule has 28 heavy (non-hydrogen) atoms. The number of carbonyl (C=O) groups excluding carboxylic acids is 1. The van der Waals surface area contributed by atoms with E-state index in [0.717, 1.165) is 25.0 Å². The number of amides is 1. The molecule has 5 rings (SSSR count). The highest BCUT2D eigenvalue weighted by Crippen LogP contribution is 2.44. The summed E-state index contributed by atoms with van der Waals surface area (Å²) in [5.41, 5.74) is 7.13. The number of allylic oxidation sites excluding steroid dienone is 4. The van der Waals surface area contributed by atoms with Crippen LogP contribution in [0.3, 0.4) is 0 Å². The number of alkyl halides is 1. The third-order valence-electron chi connectivity index (χ3n) is 6.15. The molecule has 0 radical (unpaired) electrons. The van der Waals surface area contributed by atoms with Gasteiger partial charge in [-0.15, -0.1) is 11.6 Å². The van der Waals surface area contributed by atoms with Crippen molar-refractivity contribution >= 4 is 17.7 Å². The molecule has 2 unspecified atom stereocenters. The lowest BCUT2D eigenvalue weighted by molar-refractivity contribution is 0.145. The van der Waals surface area contributed by atoms with Crippen molar-refractivity contribution < 1.29 is 9.53 Å². The normalized spacial score (nSPS) is 22.6. The van der Waals surface area contributed by atoms with Gasteiger partial charge in [-0.2, -0.15) is 0 Å². The van der Waals surface area contributed by atoms with E-state index in [2.05, 4.69) is 47.8 Å². The van der Waals surface area contributed by atoms with Crippen molar-refractivity contribution in [3.63, 3.8) is 0 Å². The maximum Gasteiger partial charge on any atom is 0.411 e. The largest absolute Gasteiger partial charge is 0.448 e. The highest BCUT2D eigenvalue weighted by Gasteiger charge is 2.32. The molecule has 1 fully saturated rings. The Labute approximate surface area is 170 Å². The van der Waals surface area contributed by atoms with E-state index < -0.39 is 0 Å². The van der Waals surface area contributed by atoms with E-state index in [1.54, 1.807) is 0 Å². The molecule has 3 aliphatic carbocycles. The molecular formula is C24H22ClNO2. The zero-order valence-corrected chi connectivity index (χ0v) is 16.3. The van der Waals surface area contributed by atoms with Gasteiger partial charge in [-0.05, 0) is 59.1 Å². The minimum absolute atomic E-state index is 0.0804. The van der Waals surface area contributed by atoms with Gasteiger partial charge in [-0.25, -0.2) is 4.79 Å². The first kappa shape index (κ1) is 17.6. The van der Waals surface area contributed by atoms with Crippen LogP contribution in [0.5, 0.6) is 0 Å². The summed E-state index contributed by atoms with van der Waals surface area (Å²) in [7, 11) is 0. The zero-order valence-electron chi connectivity index (χ0n) is 15.5. The first-order valence-corrected chi connectivity index (χ1v) is 10.3. The highest BCUT2D eigenvalue weighted by atomic mass is 35.5. The Morgan fingerprint density at radius 2 is 1.68 bits per heavy atom. The van der Waals surface area contributed by atoms with E-state index in [-0.39, 0.29) is 17.4 Å². The number of benzene rings is 2. The fraction of sp³-hybridized carbons (Fsp3) is 0.292. The number of rotatable bonds is 3. The van der Waals surface area contributed by atoms with E-state index in [1.165, 1.54) is 27.8 Å². The maximum atomic E-state index is 12.4. The van der Waals surface area contributed by atoms with Crippen LogP contribution in [0.15, 0.2) is 72.0 Å². The van der Waals surface area contributed by atoms with Crippen LogP contribution < -0.4 is 5.32 Å². The van der Waals surface area contributed by atoms with Gasteiger partial charge in [0.25, 0.3) is 0 Å². The maximum absolute atomic E-state index is 12.4. The Morgan fingerprint density at radius 1 is 1.00 bits per heavy atom. The van der Waals surface area contributed by atoms with E-state index in [9.17, 15) is 4.79 Å². The standard InChI is InChI=1S/C24H22ClNO2/c25-23-12-9-15-13-16(10-11-17(15)23)26-24(27)28-14-22-20-7-3-1-5-18(20)19-6-2-4-8-21(19)22/h1-8,10-11,15,22-23H,9,12-14H2,(H,26,27). The van der Waals surface area contributed by atoms with Crippen LogP contribution >= 0.6 is 11.6 Å². The minimum atomic E-state index is -0.384. The average molecular weight is 392 g/mol. The molecule has 0 heterocycles. The van der Waals surface area contributed by atoms with Crippen molar-refractivity contribution in [2.75, 3.05) is 6.61 Å². The van der Waals surface area contributed by atoms with E-state index in [4.69, 9.17) is 16.3 Å². The summed E-state index contributed by atoms with van der Waals surface area (Å²) in [6.45, 7) is 0.335. The summed E-state index contributed by atoms with van der Waals surface area (Å²) in [5.74, 6) is 0.535. The van der Waals surface area contributed by atoms with E-state index in [1.807, 2.05) is 18.2 Å². The highest BCUT2D eigenvalue weighted by molar-refractivity contribution is 6.22. The van der Waals surface area contributed by atoms with Crippen molar-refractivity contribution in [3.05, 3.63) is 83.1 Å². The molecule has 0 saturated heterocycles. The van der Waals surface area contributed by atoms with Gasteiger partial charge in [-0.1, -0.05) is 54.6 Å². The van der Waals surface area contributed by atoms with Crippen LogP contribution in [-0.4, -0.2) is 18.1 Å². The molecule has 2 aromatic carbocycles. The molecular weight excluding hydrogens is 370 g/mol. The predicted molar refractivity (Wildman–Crippen MR) is 111 cm³/mol. The van der Waals surface area contributed by atoms with Crippen LogP contribution in [0.2, 0.25) is 0 Å². The number of fused-ring (bicyclic) bond motifs is 4. The SMILES string of the molecule is O=C(NC1=CC=C2C(Cl)CCC2C1)OCC1c2ccccc2-c2ccccc21. The number of alkyl carbamates (subject to hydrolysis) is 1. The van der Waals surface area contributed by atoms with Gasteiger partial charge >= 0.3 is 6.09 Å². The van der Waals surface area contributed by atoms with Gasteiger partial charge in [0, 0.05) is 11.6 Å². The molecule has 0 spiro atoms. The lowest BCUT2D eigenvalue weighted by Gasteiger charge is -2.21. The van der Waals surface area contributed by atoms with E-state index in [0.29, 0.717) is 12.5 Å². The molecule has 2 atom stereocenters. The third kappa shape index (κ3) is 3.04. The summed E-state index contributed by atoms with van der Waals surface area (Å²) >= 11 is 6.33. The molecule has 1 amide bonds. The number of hydrogen-bond acceptors (Lipinski definition) is 2. The second-order valence-corrected chi connectivity index (χ2v) is 8.28. The zero-order chi connectivity index (χ0) is 19.1. The number of hydrogen-bond donors (Lipinski definition) is 1. The molecule has 0 aliphatic heterocycles. The van der Waals surface area contributed by atoms with Crippen molar-refractivity contribution in [3.8, 4) is 11.1 Å². The van der Waals surface area contributed by atoms with Crippen LogP contribution in [-0.2, 0) is 4.74 Å². The molecule has 1 N–H and O–H groups in total. The quantitative estimate of drug-likeness (QED) is 0.676. The number of halogens is 1. The van der Waals surface area contributed by atoms with Crippen LogP contribution in [0, 0.1) is 5.92 Å². The predicted octanol–water partition coefficient (Wildman–Crippen LogP) is 5.76. The molecule has 3 nitrogen and oxygen atoms in total. The monoisotopic (exact) mass is 391 g/mol. The van der Waals surface area contributed by atoms with E-state index >= 15 is 0 Å². The van der Waals surface area contributed by atoms with Crippen molar-refractivity contribution in [1.29, 1.82) is 0 Å². The molecule has 1 saturated carbocycles. The third-order valence-corrected chi connectivity index (χ3v) is 6.62. The number of nitrogens with one attached hydrogen (secondary N) is 1. The smallest absolute Gasteiger partial charge is 0.411 e. The van der Waals surface area contributed by atoms with Crippen LogP contribution in [0.4, 0.5) is 4.79 Å². The van der Waals surface area contributed by atoms with Crippen molar-refractivity contribution in [2.45, 2.75) is 30.6 Å². The Balaban J connectivity index is 1.26. The lowest BCUT2D eigenvalue weighted by Crippen LogP contribution is -2.27. The van der Waals surface area contributed by atoms with Crippen molar-refractivity contribution in [1.82, 2.24) is 5.32 Å². The second-order valence-electron chi connectivity index (χ2n) is 7.76. The summed E-state index contributed by atoms with van der Waals surface area (Å²) in [5, 5.41) is 3.08. The molecule has 142 valence electrons. The summed E-state index contributed by atoms with van der Waals surface area (Å²) in [4.78, 5) is 12.4. The fourth-order valence-corrected chi connectivity index (χ4v) is 5.16. The first-order chi connectivity index (χ1) is 13.7. The molecule has 0 aromatic heterocycles. The van der Waals surface area contributed by atoms with Gasteiger partial charge in [0.2, 0.25) is 0 Å².